The first kappa shape index (κ1) is 32.0. The summed E-state index contributed by atoms with van der Waals surface area (Å²) in [7, 11) is 0. The Hall–Kier alpha value is -6.52. The predicted molar refractivity (Wildman–Crippen MR) is 241 cm³/mol. The van der Waals surface area contributed by atoms with Crippen LogP contribution >= 0.6 is 22.7 Å². The fourth-order valence-corrected chi connectivity index (χ4v) is 10.7. The maximum absolute atomic E-state index is 2.42. The Kier molecular flexibility index (Phi) is 7.61. The lowest BCUT2D eigenvalue weighted by molar-refractivity contribution is 1.30. The zero-order valence-electron chi connectivity index (χ0n) is 29.8. The molecule has 11 rings (SSSR count). The molecule has 0 saturated heterocycles. The molecule has 55 heavy (non-hydrogen) atoms. The molecule has 3 heteroatoms. The van der Waals surface area contributed by atoms with E-state index in [1.165, 1.54) is 90.2 Å². The van der Waals surface area contributed by atoms with Gasteiger partial charge >= 0.3 is 0 Å². The fraction of sp³-hybridized carbons (Fsp3) is 0. The monoisotopic (exact) mass is 735 g/mol. The summed E-state index contributed by atoms with van der Waals surface area (Å²) >= 11 is 3.76. The molecule has 0 amide bonds. The first-order valence-corrected chi connectivity index (χ1v) is 20.3. The van der Waals surface area contributed by atoms with Crippen LogP contribution in [0, 0.1) is 0 Å². The Morgan fingerprint density at radius 3 is 1.42 bits per heavy atom. The second kappa shape index (κ2) is 13.1. The van der Waals surface area contributed by atoms with Crippen LogP contribution in [0.1, 0.15) is 0 Å². The van der Waals surface area contributed by atoms with Crippen LogP contribution in [0.2, 0.25) is 0 Å². The van der Waals surface area contributed by atoms with E-state index < -0.39 is 0 Å². The molecular formula is C52H33NS2. The number of benzene rings is 9. The second-order valence-electron chi connectivity index (χ2n) is 14.0. The molecule has 0 aliphatic rings. The molecule has 0 aliphatic carbocycles. The minimum absolute atomic E-state index is 1.12. The molecule has 11 aromatic rings. The van der Waals surface area contributed by atoms with Gasteiger partial charge in [-0.15, -0.1) is 22.7 Å². The highest BCUT2D eigenvalue weighted by atomic mass is 32.1. The highest BCUT2D eigenvalue weighted by Crippen LogP contribution is 2.46. The minimum atomic E-state index is 1.12. The van der Waals surface area contributed by atoms with Crippen molar-refractivity contribution in [2.75, 3.05) is 4.90 Å². The van der Waals surface area contributed by atoms with E-state index in [9.17, 15) is 0 Å². The van der Waals surface area contributed by atoms with Crippen molar-refractivity contribution in [1.29, 1.82) is 0 Å². The van der Waals surface area contributed by atoms with Crippen molar-refractivity contribution in [3.63, 3.8) is 0 Å². The number of nitrogens with zero attached hydrogens (tertiary/aromatic N) is 1. The molecule has 0 N–H and O–H groups in total. The standard InChI is InChI=1S/C52H33NS2/c1-2-12-34(13-3-1)35-24-28-37(29-25-35)53(48-21-11-20-47-44-17-7-9-23-50(44)55-52(47)48)38-30-26-36(27-31-38)39-32-33-42(41-15-5-4-14-40(39)41)45-18-10-19-46-43-16-6-8-22-49(43)54-51(45)46/h1-33H. The number of hydrogen-bond donors (Lipinski definition) is 0. The first-order valence-electron chi connectivity index (χ1n) is 18.7. The lowest BCUT2D eigenvalue weighted by Gasteiger charge is -2.26. The van der Waals surface area contributed by atoms with Crippen molar-refractivity contribution < 1.29 is 0 Å². The number of rotatable bonds is 6. The van der Waals surface area contributed by atoms with Gasteiger partial charge in [0.05, 0.1) is 10.4 Å². The quantitative estimate of drug-likeness (QED) is 0.164. The predicted octanol–water partition coefficient (Wildman–Crippen LogP) is 16.0. The average Bonchev–Trinajstić information content (AvgIpc) is 3.84. The van der Waals surface area contributed by atoms with E-state index in [0.717, 1.165) is 11.4 Å². The van der Waals surface area contributed by atoms with Crippen LogP contribution < -0.4 is 4.90 Å². The SMILES string of the molecule is c1ccc(-c2ccc(N(c3ccc(-c4ccc(-c5cccc6c5sc5ccccc56)c5ccccc45)cc3)c3cccc4c3sc3ccccc34)cc2)cc1. The summed E-state index contributed by atoms with van der Waals surface area (Å²) in [6, 6.07) is 73.3. The molecule has 0 fully saturated rings. The van der Waals surface area contributed by atoms with Gasteiger partial charge in [-0.3, -0.25) is 0 Å². The third-order valence-electron chi connectivity index (χ3n) is 10.9. The fourth-order valence-electron chi connectivity index (χ4n) is 8.30. The molecule has 0 unspecified atom stereocenters. The lowest BCUT2D eigenvalue weighted by atomic mass is 9.91. The zero-order valence-corrected chi connectivity index (χ0v) is 31.4. The van der Waals surface area contributed by atoms with Gasteiger partial charge in [0, 0.05) is 52.6 Å². The van der Waals surface area contributed by atoms with E-state index in [1.807, 2.05) is 22.7 Å². The Morgan fingerprint density at radius 1 is 0.273 bits per heavy atom. The summed E-state index contributed by atoms with van der Waals surface area (Å²) in [6.45, 7) is 0. The van der Waals surface area contributed by atoms with E-state index in [-0.39, 0.29) is 0 Å². The van der Waals surface area contributed by atoms with Crippen LogP contribution in [0.3, 0.4) is 0 Å². The molecule has 0 spiro atoms. The van der Waals surface area contributed by atoms with Crippen molar-refractivity contribution in [3.05, 3.63) is 200 Å². The summed E-state index contributed by atoms with van der Waals surface area (Å²) in [5.41, 5.74) is 10.9. The highest BCUT2D eigenvalue weighted by molar-refractivity contribution is 7.26. The maximum atomic E-state index is 2.42. The van der Waals surface area contributed by atoms with E-state index >= 15 is 0 Å². The topological polar surface area (TPSA) is 3.24 Å². The molecule has 9 aromatic carbocycles. The summed E-state index contributed by atoms with van der Waals surface area (Å²) < 4.78 is 5.26. The average molecular weight is 736 g/mol. The summed E-state index contributed by atoms with van der Waals surface area (Å²) in [5, 5.41) is 7.78. The normalized spacial score (nSPS) is 11.6. The van der Waals surface area contributed by atoms with Crippen LogP contribution in [0.5, 0.6) is 0 Å². The summed E-state index contributed by atoms with van der Waals surface area (Å²) in [4.78, 5) is 2.42. The number of hydrogen-bond acceptors (Lipinski definition) is 3. The van der Waals surface area contributed by atoms with Crippen LogP contribution in [-0.2, 0) is 0 Å². The smallest absolute Gasteiger partial charge is 0.0640 e. The molecule has 0 aliphatic heterocycles. The van der Waals surface area contributed by atoms with Crippen LogP contribution in [0.15, 0.2) is 200 Å². The van der Waals surface area contributed by atoms with E-state index in [2.05, 4.69) is 205 Å². The summed E-state index contributed by atoms with van der Waals surface area (Å²) in [6.07, 6.45) is 0. The Labute approximate surface area is 327 Å². The number of thiophene rings is 2. The second-order valence-corrected chi connectivity index (χ2v) is 16.1. The Bertz CT molecular complexity index is 3190. The summed E-state index contributed by atoms with van der Waals surface area (Å²) in [5.74, 6) is 0. The molecule has 2 aromatic heterocycles. The van der Waals surface area contributed by atoms with Gasteiger partial charge in [-0.05, 0) is 81.1 Å². The van der Waals surface area contributed by atoms with Crippen molar-refractivity contribution >= 4 is 90.9 Å². The highest BCUT2D eigenvalue weighted by Gasteiger charge is 2.19. The van der Waals surface area contributed by atoms with E-state index in [4.69, 9.17) is 0 Å². The third-order valence-corrected chi connectivity index (χ3v) is 13.3. The van der Waals surface area contributed by atoms with Gasteiger partial charge in [-0.25, -0.2) is 0 Å². The van der Waals surface area contributed by atoms with Gasteiger partial charge < -0.3 is 4.90 Å². The minimum Gasteiger partial charge on any atom is -0.309 e. The largest absolute Gasteiger partial charge is 0.309 e. The third kappa shape index (κ3) is 5.35. The van der Waals surface area contributed by atoms with Gasteiger partial charge in [-0.1, -0.05) is 158 Å². The van der Waals surface area contributed by atoms with Gasteiger partial charge in [0.15, 0.2) is 0 Å². The lowest BCUT2D eigenvalue weighted by Crippen LogP contribution is -2.10. The number of fused-ring (bicyclic) bond motifs is 7. The van der Waals surface area contributed by atoms with E-state index in [0.29, 0.717) is 0 Å². The maximum Gasteiger partial charge on any atom is 0.0640 e. The molecule has 1 nitrogen and oxygen atoms in total. The molecule has 0 bridgehead atoms. The van der Waals surface area contributed by atoms with Gasteiger partial charge in [0.25, 0.3) is 0 Å². The van der Waals surface area contributed by atoms with Gasteiger partial charge in [0.2, 0.25) is 0 Å². The van der Waals surface area contributed by atoms with Gasteiger partial charge in [-0.2, -0.15) is 0 Å². The van der Waals surface area contributed by atoms with Gasteiger partial charge in [0.1, 0.15) is 0 Å². The van der Waals surface area contributed by atoms with Crippen molar-refractivity contribution in [1.82, 2.24) is 0 Å². The molecule has 0 radical (unpaired) electrons. The molecule has 2 heterocycles. The molecule has 0 atom stereocenters. The van der Waals surface area contributed by atoms with Crippen molar-refractivity contribution in [2.45, 2.75) is 0 Å². The van der Waals surface area contributed by atoms with E-state index in [1.54, 1.807) is 0 Å². The Balaban J connectivity index is 1.03. The van der Waals surface area contributed by atoms with Crippen LogP contribution in [0.4, 0.5) is 17.1 Å². The van der Waals surface area contributed by atoms with Crippen LogP contribution in [-0.4, -0.2) is 0 Å². The van der Waals surface area contributed by atoms with Crippen LogP contribution in [0.25, 0.3) is 84.5 Å². The van der Waals surface area contributed by atoms with Crippen molar-refractivity contribution in [2.24, 2.45) is 0 Å². The zero-order chi connectivity index (χ0) is 36.3. The first-order chi connectivity index (χ1) is 27.3. The van der Waals surface area contributed by atoms with Crippen molar-refractivity contribution in [3.8, 4) is 33.4 Å². The molecule has 258 valence electrons. The number of anilines is 3. The molecule has 0 saturated carbocycles. The Morgan fingerprint density at radius 2 is 0.745 bits per heavy atom. The molecular weight excluding hydrogens is 703 g/mol.